The van der Waals surface area contributed by atoms with Crippen LogP contribution in [0.2, 0.25) is 0 Å². The van der Waals surface area contributed by atoms with Crippen LogP contribution in [0.1, 0.15) is 135 Å². The van der Waals surface area contributed by atoms with Crippen molar-refractivity contribution in [1.82, 2.24) is 9.80 Å². The lowest BCUT2D eigenvalue weighted by Gasteiger charge is -2.35. The molecular weight excluding hydrogens is 1140 g/mol. The third-order valence-electron chi connectivity index (χ3n) is 14.4. The van der Waals surface area contributed by atoms with Gasteiger partial charge in [0.15, 0.2) is 12.2 Å². The molecular formula is C66H70N2O20. The largest absolute Gasteiger partial charge is 0.463 e. The van der Waals surface area contributed by atoms with Crippen LogP contribution < -0.4 is 0 Å². The molecule has 5 aromatic rings. The zero-order chi connectivity index (χ0) is 64.6. The van der Waals surface area contributed by atoms with Crippen molar-refractivity contribution >= 4 is 114 Å². The summed E-state index contributed by atoms with van der Waals surface area (Å²) in [6.07, 6.45) is -3.85. The lowest BCUT2D eigenvalue weighted by Crippen LogP contribution is -2.50. The molecule has 5 aromatic carbocycles. The number of esters is 8. The van der Waals surface area contributed by atoms with Gasteiger partial charge in [-0.3, -0.25) is 48.2 Å². The van der Waals surface area contributed by atoms with Crippen LogP contribution in [0.25, 0.3) is 43.1 Å². The van der Waals surface area contributed by atoms with E-state index >= 15 is 0 Å². The summed E-state index contributed by atoms with van der Waals surface area (Å²) >= 11 is 0. The molecule has 2 aliphatic rings. The summed E-state index contributed by atoms with van der Waals surface area (Å²) in [6.45, 7) is 24.5. The molecule has 464 valence electrons. The Labute approximate surface area is 507 Å². The molecule has 22 nitrogen and oxygen atoms in total. The molecule has 2 unspecified atom stereocenters. The van der Waals surface area contributed by atoms with Crippen LogP contribution >= 0.6 is 0 Å². The van der Waals surface area contributed by atoms with Gasteiger partial charge in [-0.05, 0) is 109 Å². The zero-order valence-electron chi connectivity index (χ0n) is 50.5. The van der Waals surface area contributed by atoms with E-state index in [0.717, 1.165) is 9.80 Å². The third kappa shape index (κ3) is 15.0. The number of hydrogen-bond acceptors (Lipinski definition) is 20. The second-order valence-electron chi connectivity index (χ2n) is 22.8. The number of rotatable bonds is 30. The van der Waals surface area contributed by atoms with E-state index in [1.165, 1.54) is 27.7 Å². The van der Waals surface area contributed by atoms with Crippen molar-refractivity contribution in [3.63, 3.8) is 0 Å². The smallest absolute Gasteiger partial charge is 0.333 e. The highest BCUT2D eigenvalue weighted by Gasteiger charge is 2.42. The minimum absolute atomic E-state index is 0.0822. The Morgan fingerprint density at radius 2 is 0.614 bits per heavy atom. The second-order valence-corrected chi connectivity index (χ2v) is 22.8. The lowest BCUT2D eigenvalue weighted by molar-refractivity contribution is -0.165. The Bertz CT molecular complexity index is 3340. The number of imide groups is 2. The molecule has 2 atom stereocenters. The topological polar surface area (TPSA) is 285 Å². The van der Waals surface area contributed by atoms with E-state index in [4.69, 9.17) is 37.9 Å². The number of benzene rings is 5. The van der Waals surface area contributed by atoms with Crippen LogP contribution in [0.3, 0.4) is 0 Å². The Morgan fingerprint density at radius 3 is 0.852 bits per heavy atom. The molecule has 7 rings (SSSR count). The summed E-state index contributed by atoms with van der Waals surface area (Å²) in [4.78, 5) is 161. The minimum Gasteiger partial charge on any atom is -0.463 e. The summed E-state index contributed by atoms with van der Waals surface area (Å²) in [5, 5.41) is 4.57. The van der Waals surface area contributed by atoms with Crippen molar-refractivity contribution in [3.05, 3.63) is 119 Å². The molecule has 0 N–H and O–H groups in total. The van der Waals surface area contributed by atoms with E-state index < -0.39 is 161 Å². The van der Waals surface area contributed by atoms with E-state index in [9.17, 15) is 57.5 Å². The van der Waals surface area contributed by atoms with Gasteiger partial charge in [-0.2, -0.15) is 0 Å². The van der Waals surface area contributed by atoms with Gasteiger partial charge in [0.05, 0.1) is 37.8 Å². The van der Waals surface area contributed by atoms with Crippen molar-refractivity contribution in [2.75, 3.05) is 39.6 Å². The SMILES string of the molecule is C=C(C)C(=O)OCC(COC(=O)C(=C)C)OC(=O)CCC(=O)OCC(CC(C)C)N1C(=O)c2ccc3c4ccc5c6c(ccc(c7ccc(c2c37)C1=O)c64)C(=O)N(C(COC(=O)CCC(=O)OC(COC(=O)C(=C)C)COC(=O)C(=C)C)CC(C)C)C5=O. The maximum atomic E-state index is 14.8. The summed E-state index contributed by atoms with van der Waals surface area (Å²) < 4.78 is 42.3. The predicted molar refractivity (Wildman–Crippen MR) is 318 cm³/mol. The Morgan fingerprint density at radius 1 is 0.364 bits per heavy atom. The maximum Gasteiger partial charge on any atom is 0.333 e. The highest BCUT2D eigenvalue weighted by molar-refractivity contribution is 6.41. The summed E-state index contributed by atoms with van der Waals surface area (Å²) in [6, 6.07) is 11.6. The second kappa shape index (κ2) is 28.3. The molecule has 0 bridgehead atoms. The summed E-state index contributed by atoms with van der Waals surface area (Å²) in [5.41, 5.74) is 1.19. The summed E-state index contributed by atoms with van der Waals surface area (Å²) in [5.74, 6) is -9.21. The molecule has 0 spiro atoms. The van der Waals surface area contributed by atoms with Gasteiger partial charge in [0.2, 0.25) is 0 Å². The quantitative estimate of drug-likeness (QED) is 0.0104. The van der Waals surface area contributed by atoms with Gasteiger partial charge in [-0.15, -0.1) is 0 Å². The monoisotopic (exact) mass is 1210 g/mol. The Balaban J connectivity index is 1.07. The van der Waals surface area contributed by atoms with Crippen LogP contribution in [0.5, 0.6) is 0 Å². The fourth-order valence-corrected chi connectivity index (χ4v) is 10.4. The van der Waals surface area contributed by atoms with Gasteiger partial charge >= 0.3 is 47.8 Å². The highest BCUT2D eigenvalue weighted by Crippen LogP contribution is 2.47. The first-order chi connectivity index (χ1) is 41.6. The van der Waals surface area contributed by atoms with Crippen LogP contribution in [-0.2, 0) is 76.3 Å². The lowest BCUT2D eigenvalue weighted by atomic mass is 9.81. The standard InChI is InChI=1S/C66H70N2O20/c1-33(2)25-39(27-81-51(69)21-23-53(71)87-41(29-83-63(77)35(5)6)30-84-64(78)36(7)8)67-59(73)47-17-13-43-45-15-19-49-58-50(20-16-46(56(45)58)44-14-18-48(60(67)74)57(47)55(43)44)62(76)68(61(49)75)40(26-34(3)4)28-82-52(70)22-24-54(72)88-42(31-85-65(79)37(9)10)32-86-66(80)38(11)12/h13-20,33-34,39-42H,5,7,9,11,21-32H2,1-4,6,8,10,12H3. The molecule has 22 heteroatoms. The molecule has 4 amide bonds. The van der Waals surface area contributed by atoms with Gasteiger partial charge in [-0.1, -0.05) is 78.3 Å². The molecule has 0 saturated heterocycles. The molecule has 0 aromatic heterocycles. The maximum absolute atomic E-state index is 14.8. The number of ether oxygens (including phenoxy) is 8. The molecule has 2 aliphatic heterocycles. The Kier molecular flexibility index (Phi) is 21.2. The van der Waals surface area contributed by atoms with Crippen molar-refractivity contribution < 1.29 is 95.4 Å². The number of hydrogen-bond donors (Lipinski definition) is 0. The van der Waals surface area contributed by atoms with Crippen LogP contribution in [-0.4, -0.2) is 145 Å². The number of nitrogens with zero attached hydrogens (tertiary/aromatic N) is 2. The van der Waals surface area contributed by atoms with Crippen molar-refractivity contribution in [1.29, 1.82) is 0 Å². The van der Waals surface area contributed by atoms with Gasteiger partial charge in [-0.25, -0.2) is 19.2 Å². The minimum atomic E-state index is -1.22. The predicted octanol–water partition coefficient (Wildman–Crippen LogP) is 8.71. The van der Waals surface area contributed by atoms with E-state index in [1.807, 2.05) is 27.7 Å². The van der Waals surface area contributed by atoms with Crippen LogP contribution in [0, 0.1) is 11.8 Å². The molecule has 0 radical (unpaired) electrons. The van der Waals surface area contributed by atoms with Gasteiger partial charge in [0.1, 0.15) is 39.6 Å². The molecule has 0 fully saturated rings. The average Bonchev–Trinajstić information content (AvgIpc) is 0.699. The normalized spacial score (nSPS) is 13.5. The molecule has 2 heterocycles. The fraction of sp³-hybridized carbons (Fsp3) is 0.394. The van der Waals surface area contributed by atoms with Crippen LogP contribution in [0.4, 0.5) is 0 Å². The van der Waals surface area contributed by atoms with Gasteiger partial charge < -0.3 is 37.9 Å². The van der Waals surface area contributed by atoms with E-state index in [1.54, 1.807) is 48.5 Å². The number of amides is 4. The number of fused-ring (bicyclic) bond motifs is 2. The first-order valence-electron chi connectivity index (χ1n) is 28.6. The van der Waals surface area contributed by atoms with Gasteiger partial charge in [0.25, 0.3) is 23.6 Å². The first-order valence-corrected chi connectivity index (χ1v) is 28.6. The summed E-state index contributed by atoms with van der Waals surface area (Å²) in [7, 11) is 0. The molecule has 0 aliphatic carbocycles. The number of carbonyl (C=O) groups is 12. The van der Waals surface area contributed by atoms with Crippen molar-refractivity contribution in [2.24, 2.45) is 11.8 Å². The molecule has 88 heavy (non-hydrogen) atoms. The fourth-order valence-electron chi connectivity index (χ4n) is 10.4. The van der Waals surface area contributed by atoms with E-state index in [2.05, 4.69) is 26.3 Å². The Hall–Kier alpha value is -9.60. The van der Waals surface area contributed by atoms with Crippen molar-refractivity contribution in [2.45, 2.75) is 118 Å². The number of carbonyl (C=O) groups excluding carboxylic acids is 12. The van der Waals surface area contributed by atoms with Gasteiger partial charge in [0, 0.05) is 55.3 Å². The highest BCUT2D eigenvalue weighted by atomic mass is 16.6. The van der Waals surface area contributed by atoms with Crippen LogP contribution in [0.15, 0.2) is 97.1 Å². The first kappa shape index (κ1) is 65.9. The average molecular weight is 1210 g/mol. The third-order valence-corrected chi connectivity index (χ3v) is 14.4. The van der Waals surface area contributed by atoms with E-state index in [-0.39, 0.29) is 69.2 Å². The molecule has 0 saturated carbocycles. The van der Waals surface area contributed by atoms with Crippen molar-refractivity contribution in [3.8, 4) is 0 Å². The zero-order valence-corrected chi connectivity index (χ0v) is 50.5. The van der Waals surface area contributed by atoms with E-state index in [0.29, 0.717) is 43.1 Å².